The highest BCUT2D eigenvalue weighted by molar-refractivity contribution is 6.00. The second-order valence-electron chi connectivity index (χ2n) is 4.60. The number of benzene rings is 2. The van der Waals surface area contributed by atoms with Crippen LogP contribution in [0.25, 0.3) is 0 Å². The molecular weight excluding hydrogens is 252 g/mol. The molecule has 0 fully saturated rings. The molecule has 0 saturated heterocycles. The van der Waals surface area contributed by atoms with Gasteiger partial charge in [0, 0.05) is 11.3 Å². The molecule has 0 aliphatic carbocycles. The molecule has 3 N–H and O–H groups in total. The second kappa shape index (κ2) is 6.10. The summed E-state index contributed by atoms with van der Waals surface area (Å²) in [7, 11) is 1.55. The number of aryl methyl sites for hydroxylation is 1. The van der Waals surface area contributed by atoms with E-state index in [4.69, 9.17) is 10.5 Å². The maximum Gasteiger partial charge on any atom is 0.181 e. The number of hydrogen-bond donors (Lipinski definition) is 2. The van der Waals surface area contributed by atoms with E-state index in [9.17, 15) is 4.79 Å². The number of nitrogen functional groups attached to an aromatic ring is 1. The molecule has 0 heterocycles. The van der Waals surface area contributed by atoms with Gasteiger partial charge in [-0.2, -0.15) is 0 Å². The van der Waals surface area contributed by atoms with Crippen LogP contribution in [0.2, 0.25) is 0 Å². The number of hydrogen-bond acceptors (Lipinski definition) is 4. The van der Waals surface area contributed by atoms with Crippen LogP contribution in [0.3, 0.4) is 0 Å². The fourth-order valence-electron chi connectivity index (χ4n) is 1.95. The highest BCUT2D eigenvalue weighted by Crippen LogP contribution is 2.22. The lowest BCUT2D eigenvalue weighted by molar-refractivity contribution is 0.101. The van der Waals surface area contributed by atoms with Gasteiger partial charge in [-0.1, -0.05) is 12.1 Å². The van der Waals surface area contributed by atoms with Gasteiger partial charge < -0.3 is 15.8 Å². The highest BCUT2D eigenvalue weighted by Gasteiger charge is 2.08. The van der Waals surface area contributed by atoms with Crippen LogP contribution in [0.5, 0.6) is 5.75 Å². The minimum Gasteiger partial charge on any atom is -0.495 e. The van der Waals surface area contributed by atoms with Gasteiger partial charge in [-0.15, -0.1) is 0 Å². The largest absolute Gasteiger partial charge is 0.495 e. The maximum atomic E-state index is 12.1. The van der Waals surface area contributed by atoms with Crippen molar-refractivity contribution in [3.63, 3.8) is 0 Å². The molecule has 0 radical (unpaired) electrons. The standard InChI is InChI=1S/C16H18N2O2/c1-11-4-3-5-13(8-11)18-10-15(19)12-6-7-16(20-2)14(17)9-12/h3-9,18H,10,17H2,1-2H3. The Balaban J connectivity index is 2.03. The van der Waals surface area contributed by atoms with Gasteiger partial charge in [0.1, 0.15) is 5.75 Å². The summed E-state index contributed by atoms with van der Waals surface area (Å²) >= 11 is 0. The summed E-state index contributed by atoms with van der Waals surface area (Å²) in [6.45, 7) is 2.24. The quantitative estimate of drug-likeness (QED) is 0.647. The Morgan fingerprint density at radius 3 is 2.70 bits per heavy atom. The average molecular weight is 270 g/mol. The van der Waals surface area contributed by atoms with Crippen molar-refractivity contribution in [1.82, 2.24) is 0 Å². The zero-order valence-corrected chi connectivity index (χ0v) is 11.6. The average Bonchev–Trinajstić information content (AvgIpc) is 2.44. The first-order chi connectivity index (χ1) is 9.60. The van der Waals surface area contributed by atoms with Crippen LogP contribution in [0.4, 0.5) is 11.4 Å². The minimum atomic E-state index is -0.0131. The zero-order valence-electron chi connectivity index (χ0n) is 11.6. The summed E-state index contributed by atoms with van der Waals surface area (Å²) in [6, 6.07) is 13.0. The number of Topliss-reactive ketones (excluding diaryl/α,β-unsaturated/α-hetero) is 1. The lowest BCUT2D eigenvalue weighted by atomic mass is 10.1. The second-order valence-corrected chi connectivity index (χ2v) is 4.60. The van der Waals surface area contributed by atoms with Crippen LogP contribution in [0, 0.1) is 6.92 Å². The first-order valence-electron chi connectivity index (χ1n) is 6.37. The van der Waals surface area contributed by atoms with E-state index in [1.54, 1.807) is 25.3 Å². The van der Waals surface area contributed by atoms with Gasteiger partial charge in [-0.3, -0.25) is 4.79 Å². The van der Waals surface area contributed by atoms with Crippen LogP contribution in [0.1, 0.15) is 15.9 Å². The van der Waals surface area contributed by atoms with E-state index in [2.05, 4.69) is 5.32 Å². The van der Waals surface area contributed by atoms with Gasteiger partial charge in [-0.25, -0.2) is 0 Å². The Hall–Kier alpha value is -2.49. The van der Waals surface area contributed by atoms with Crippen molar-refractivity contribution in [2.24, 2.45) is 0 Å². The predicted octanol–water partition coefficient (Wildman–Crippen LogP) is 2.88. The normalized spacial score (nSPS) is 10.1. The Morgan fingerprint density at radius 1 is 1.25 bits per heavy atom. The molecule has 0 bridgehead atoms. The number of nitrogens with two attached hydrogens (primary N) is 1. The smallest absolute Gasteiger partial charge is 0.181 e. The van der Waals surface area contributed by atoms with Gasteiger partial charge in [-0.05, 0) is 42.8 Å². The van der Waals surface area contributed by atoms with Gasteiger partial charge in [0.05, 0.1) is 19.3 Å². The van der Waals surface area contributed by atoms with E-state index in [-0.39, 0.29) is 12.3 Å². The van der Waals surface area contributed by atoms with Crippen molar-refractivity contribution >= 4 is 17.2 Å². The molecule has 0 unspecified atom stereocenters. The van der Waals surface area contributed by atoms with E-state index in [0.717, 1.165) is 11.3 Å². The Morgan fingerprint density at radius 2 is 2.05 bits per heavy atom. The summed E-state index contributed by atoms with van der Waals surface area (Å²) in [6.07, 6.45) is 0. The topological polar surface area (TPSA) is 64.3 Å². The zero-order chi connectivity index (χ0) is 14.5. The molecule has 4 nitrogen and oxygen atoms in total. The van der Waals surface area contributed by atoms with Crippen molar-refractivity contribution in [3.05, 3.63) is 53.6 Å². The number of carbonyl (C=O) groups excluding carboxylic acids is 1. The fraction of sp³-hybridized carbons (Fsp3) is 0.188. The number of ketones is 1. The third kappa shape index (κ3) is 3.29. The van der Waals surface area contributed by atoms with Crippen LogP contribution in [-0.4, -0.2) is 19.4 Å². The van der Waals surface area contributed by atoms with Crippen LogP contribution < -0.4 is 15.8 Å². The van der Waals surface area contributed by atoms with E-state index in [0.29, 0.717) is 17.0 Å². The van der Waals surface area contributed by atoms with Gasteiger partial charge in [0.2, 0.25) is 0 Å². The third-order valence-electron chi connectivity index (χ3n) is 3.02. The molecule has 0 aliphatic rings. The minimum absolute atomic E-state index is 0.0131. The van der Waals surface area contributed by atoms with Crippen LogP contribution in [-0.2, 0) is 0 Å². The third-order valence-corrected chi connectivity index (χ3v) is 3.02. The lowest BCUT2D eigenvalue weighted by Crippen LogP contribution is -2.14. The Labute approximate surface area is 118 Å². The van der Waals surface area contributed by atoms with Gasteiger partial charge >= 0.3 is 0 Å². The number of nitrogens with one attached hydrogen (secondary N) is 1. The molecule has 20 heavy (non-hydrogen) atoms. The van der Waals surface area contributed by atoms with Crippen LogP contribution >= 0.6 is 0 Å². The summed E-state index contributed by atoms with van der Waals surface area (Å²) in [4.78, 5) is 12.1. The molecule has 104 valence electrons. The first-order valence-corrected chi connectivity index (χ1v) is 6.37. The Kier molecular flexibility index (Phi) is 4.25. The molecule has 0 saturated carbocycles. The maximum absolute atomic E-state index is 12.1. The summed E-state index contributed by atoms with van der Waals surface area (Å²) in [5.74, 6) is 0.564. The first kappa shape index (κ1) is 13.9. The number of rotatable bonds is 5. The van der Waals surface area contributed by atoms with Gasteiger partial charge in [0.15, 0.2) is 5.78 Å². The van der Waals surface area contributed by atoms with E-state index in [1.807, 2.05) is 31.2 Å². The predicted molar refractivity (Wildman–Crippen MR) is 81.4 cm³/mol. The SMILES string of the molecule is COc1ccc(C(=O)CNc2cccc(C)c2)cc1N. The molecule has 0 amide bonds. The molecule has 4 heteroatoms. The van der Waals surface area contributed by atoms with Crippen molar-refractivity contribution < 1.29 is 9.53 Å². The molecule has 2 aromatic carbocycles. The molecule has 0 aliphatic heterocycles. The molecule has 0 aromatic heterocycles. The number of carbonyl (C=O) groups is 1. The number of anilines is 2. The Bertz CT molecular complexity index is 624. The monoisotopic (exact) mass is 270 g/mol. The molecule has 2 aromatic rings. The van der Waals surface area contributed by atoms with E-state index < -0.39 is 0 Å². The molecule has 0 atom stereocenters. The van der Waals surface area contributed by atoms with Crippen molar-refractivity contribution in [3.8, 4) is 5.75 Å². The van der Waals surface area contributed by atoms with Crippen molar-refractivity contribution in [2.75, 3.05) is 24.7 Å². The number of methoxy groups -OCH3 is 1. The summed E-state index contributed by atoms with van der Waals surface area (Å²) < 4.78 is 5.07. The summed E-state index contributed by atoms with van der Waals surface area (Å²) in [5, 5.41) is 3.11. The fourth-order valence-corrected chi connectivity index (χ4v) is 1.95. The summed E-state index contributed by atoms with van der Waals surface area (Å²) in [5.41, 5.74) is 8.92. The van der Waals surface area contributed by atoms with E-state index in [1.165, 1.54) is 0 Å². The molecule has 2 rings (SSSR count). The van der Waals surface area contributed by atoms with E-state index >= 15 is 0 Å². The van der Waals surface area contributed by atoms with Gasteiger partial charge in [0.25, 0.3) is 0 Å². The number of ether oxygens (including phenoxy) is 1. The van der Waals surface area contributed by atoms with Crippen molar-refractivity contribution in [1.29, 1.82) is 0 Å². The van der Waals surface area contributed by atoms with Crippen LogP contribution in [0.15, 0.2) is 42.5 Å². The lowest BCUT2D eigenvalue weighted by Gasteiger charge is -2.08. The highest BCUT2D eigenvalue weighted by atomic mass is 16.5. The van der Waals surface area contributed by atoms with Crippen molar-refractivity contribution in [2.45, 2.75) is 6.92 Å². The molecule has 0 spiro atoms. The molecular formula is C16H18N2O2.